The molecule has 1 aliphatic rings. The Hall–Kier alpha value is -2.94. The predicted molar refractivity (Wildman–Crippen MR) is 104 cm³/mol. The number of anilines is 1. The van der Waals surface area contributed by atoms with Crippen molar-refractivity contribution in [2.45, 2.75) is 19.4 Å². The monoisotopic (exact) mass is 330 g/mol. The van der Waals surface area contributed by atoms with Crippen molar-refractivity contribution in [1.29, 1.82) is 0 Å². The van der Waals surface area contributed by atoms with Gasteiger partial charge in [0.05, 0.1) is 13.2 Å². The Bertz CT molecular complexity index is 994. The van der Waals surface area contributed by atoms with Crippen LogP contribution >= 0.6 is 0 Å². The lowest BCUT2D eigenvalue weighted by molar-refractivity contribution is 0.301. The second-order valence-corrected chi connectivity index (χ2v) is 6.46. The summed E-state index contributed by atoms with van der Waals surface area (Å²) in [7, 11) is 1.71. The van der Waals surface area contributed by atoms with Crippen LogP contribution in [-0.2, 0) is 4.74 Å². The maximum Gasteiger partial charge on any atom is 0.114 e. The van der Waals surface area contributed by atoms with Gasteiger partial charge in [-0.15, -0.1) is 0 Å². The summed E-state index contributed by atoms with van der Waals surface area (Å²) >= 11 is 0. The molecule has 3 aromatic rings. The number of methoxy groups -OCH3 is 1. The second-order valence-electron chi connectivity index (χ2n) is 6.46. The van der Waals surface area contributed by atoms with Crippen LogP contribution in [0.25, 0.3) is 22.0 Å². The first-order valence-corrected chi connectivity index (χ1v) is 8.56. The summed E-state index contributed by atoms with van der Waals surface area (Å²) in [6.45, 7) is 2.09. The average Bonchev–Trinajstić information content (AvgIpc) is 3.04. The zero-order valence-electron chi connectivity index (χ0n) is 14.6. The Morgan fingerprint density at radius 1 is 1.08 bits per heavy atom. The van der Waals surface area contributed by atoms with E-state index in [2.05, 4.69) is 60.2 Å². The first kappa shape index (κ1) is 15.6. The fraction of sp³-hybridized carbons (Fsp3) is 0.182. The molecule has 0 aliphatic heterocycles. The van der Waals surface area contributed by atoms with Crippen LogP contribution in [0.5, 0.6) is 0 Å². The van der Waals surface area contributed by atoms with Crippen LogP contribution in [0, 0.1) is 6.92 Å². The molecule has 3 heteroatoms. The van der Waals surface area contributed by atoms with Gasteiger partial charge in [0, 0.05) is 28.4 Å². The fourth-order valence-corrected chi connectivity index (χ4v) is 3.59. The highest BCUT2D eigenvalue weighted by molar-refractivity contribution is 5.97. The fourth-order valence-electron chi connectivity index (χ4n) is 3.59. The van der Waals surface area contributed by atoms with Gasteiger partial charge < -0.3 is 15.0 Å². The van der Waals surface area contributed by atoms with Crippen LogP contribution < -0.4 is 5.73 Å². The van der Waals surface area contributed by atoms with Crippen molar-refractivity contribution in [1.82, 2.24) is 4.57 Å². The third-order valence-corrected chi connectivity index (χ3v) is 5.04. The van der Waals surface area contributed by atoms with Gasteiger partial charge >= 0.3 is 0 Å². The molecule has 0 saturated carbocycles. The van der Waals surface area contributed by atoms with Crippen LogP contribution in [0.1, 0.15) is 18.0 Å². The molecule has 1 aliphatic carbocycles. The minimum atomic E-state index is 0.291. The van der Waals surface area contributed by atoms with Crippen molar-refractivity contribution >= 4 is 16.6 Å². The molecule has 2 aromatic carbocycles. The molecule has 0 bridgehead atoms. The van der Waals surface area contributed by atoms with Gasteiger partial charge in [0.2, 0.25) is 0 Å². The summed E-state index contributed by atoms with van der Waals surface area (Å²) in [5.74, 6) is 0.930. The maximum atomic E-state index is 6.14. The molecule has 0 spiro atoms. The highest BCUT2D eigenvalue weighted by Crippen LogP contribution is 2.37. The van der Waals surface area contributed by atoms with Crippen LogP contribution in [0.15, 0.2) is 72.6 Å². The van der Waals surface area contributed by atoms with Gasteiger partial charge in [0.25, 0.3) is 0 Å². The Morgan fingerprint density at radius 3 is 2.68 bits per heavy atom. The highest BCUT2D eigenvalue weighted by Gasteiger charge is 2.18. The van der Waals surface area contributed by atoms with E-state index in [4.69, 9.17) is 10.5 Å². The maximum absolute atomic E-state index is 6.14. The standard InChI is InChI=1S/C22H22N2O/c1-15-18(7-5-8-21(15)23)20-14-24(22-9-4-3-6-19(20)22)16-10-12-17(25-2)13-11-16/h3-10,12-14,16H,11,23H2,1-2H3. The Morgan fingerprint density at radius 2 is 1.92 bits per heavy atom. The number of hydrogen-bond acceptors (Lipinski definition) is 2. The molecule has 4 rings (SSSR count). The van der Waals surface area contributed by atoms with Gasteiger partial charge in [-0.2, -0.15) is 0 Å². The van der Waals surface area contributed by atoms with E-state index < -0.39 is 0 Å². The number of nitrogens with zero attached hydrogens (tertiary/aromatic N) is 1. The molecule has 1 unspecified atom stereocenters. The van der Waals surface area contributed by atoms with Gasteiger partial charge in [0.15, 0.2) is 0 Å². The van der Waals surface area contributed by atoms with E-state index in [-0.39, 0.29) is 0 Å². The van der Waals surface area contributed by atoms with Crippen molar-refractivity contribution in [3.8, 4) is 11.1 Å². The number of rotatable bonds is 3. The molecule has 0 fully saturated rings. The number of para-hydroxylation sites is 1. The largest absolute Gasteiger partial charge is 0.497 e. The first-order chi connectivity index (χ1) is 12.2. The van der Waals surface area contributed by atoms with Gasteiger partial charge in [-0.25, -0.2) is 0 Å². The van der Waals surface area contributed by atoms with Crippen LogP contribution in [0.2, 0.25) is 0 Å². The number of aromatic nitrogens is 1. The molecule has 2 N–H and O–H groups in total. The van der Waals surface area contributed by atoms with Crippen molar-refractivity contribution < 1.29 is 4.74 Å². The molecule has 0 saturated heterocycles. The molecule has 25 heavy (non-hydrogen) atoms. The zero-order chi connectivity index (χ0) is 17.4. The van der Waals surface area contributed by atoms with Crippen molar-refractivity contribution in [3.05, 3.63) is 78.2 Å². The summed E-state index contributed by atoms with van der Waals surface area (Å²) in [4.78, 5) is 0. The number of nitrogen functional groups attached to an aromatic ring is 1. The van der Waals surface area contributed by atoms with Crippen molar-refractivity contribution in [3.63, 3.8) is 0 Å². The summed E-state index contributed by atoms with van der Waals surface area (Å²) in [6, 6.07) is 15.0. The number of ether oxygens (including phenoxy) is 1. The van der Waals surface area contributed by atoms with Gasteiger partial charge in [0.1, 0.15) is 5.76 Å². The molecule has 126 valence electrons. The molecular weight excluding hydrogens is 308 g/mol. The number of allylic oxidation sites excluding steroid dienone is 3. The lowest BCUT2D eigenvalue weighted by Gasteiger charge is -2.18. The molecule has 1 aromatic heterocycles. The van der Waals surface area contributed by atoms with Crippen molar-refractivity contribution in [2.75, 3.05) is 12.8 Å². The average molecular weight is 330 g/mol. The number of fused-ring (bicyclic) bond motifs is 1. The minimum Gasteiger partial charge on any atom is -0.497 e. The molecule has 0 amide bonds. The summed E-state index contributed by atoms with van der Waals surface area (Å²) in [6.07, 6.45) is 9.58. The van der Waals surface area contributed by atoms with E-state index in [0.29, 0.717) is 6.04 Å². The van der Waals surface area contributed by atoms with E-state index >= 15 is 0 Å². The smallest absolute Gasteiger partial charge is 0.114 e. The number of benzene rings is 2. The third-order valence-electron chi connectivity index (χ3n) is 5.04. The van der Waals surface area contributed by atoms with E-state index in [1.165, 1.54) is 22.0 Å². The van der Waals surface area contributed by atoms with E-state index in [0.717, 1.165) is 23.4 Å². The van der Waals surface area contributed by atoms with Crippen LogP contribution in [0.4, 0.5) is 5.69 Å². The third kappa shape index (κ3) is 2.62. The summed E-state index contributed by atoms with van der Waals surface area (Å²) in [5.41, 5.74) is 11.8. The summed E-state index contributed by atoms with van der Waals surface area (Å²) in [5, 5.41) is 1.26. The lowest BCUT2D eigenvalue weighted by Crippen LogP contribution is -2.07. The van der Waals surface area contributed by atoms with E-state index in [1.807, 2.05) is 18.2 Å². The molecule has 1 heterocycles. The van der Waals surface area contributed by atoms with Gasteiger partial charge in [-0.05, 0) is 48.8 Å². The Kier molecular flexibility index (Phi) is 3.85. The minimum absolute atomic E-state index is 0.291. The Balaban J connectivity index is 1.87. The summed E-state index contributed by atoms with van der Waals surface area (Å²) < 4.78 is 7.67. The number of hydrogen-bond donors (Lipinski definition) is 1. The normalized spacial score (nSPS) is 16.9. The first-order valence-electron chi connectivity index (χ1n) is 8.56. The SMILES string of the molecule is COC1=CCC(n2cc(-c3cccc(N)c3C)c3ccccc32)C=C1. The van der Waals surface area contributed by atoms with Crippen molar-refractivity contribution in [2.24, 2.45) is 0 Å². The molecule has 0 radical (unpaired) electrons. The van der Waals surface area contributed by atoms with Crippen LogP contribution in [0.3, 0.4) is 0 Å². The topological polar surface area (TPSA) is 40.2 Å². The highest BCUT2D eigenvalue weighted by atomic mass is 16.5. The lowest BCUT2D eigenvalue weighted by atomic mass is 9.99. The van der Waals surface area contributed by atoms with E-state index in [1.54, 1.807) is 7.11 Å². The zero-order valence-corrected chi connectivity index (χ0v) is 14.6. The molecule has 1 atom stereocenters. The van der Waals surface area contributed by atoms with Crippen LogP contribution in [-0.4, -0.2) is 11.7 Å². The van der Waals surface area contributed by atoms with Gasteiger partial charge in [-0.3, -0.25) is 0 Å². The quantitative estimate of drug-likeness (QED) is 0.668. The number of nitrogens with two attached hydrogens (primary N) is 1. The Labute approximate surface area is 148 Å². The predicted octanol–water partition coefficient (Wildman–Crippen LogP) is 5.23. The van der Waals surface area contributed by atoms with Gasteiger partial charge in [-0.1, -0.05) is 36.4 Å². The molecule has 3 nitrogen and oxygen atoms in total. The van der Waals surface area contributed by atoms with E-state index in [9.17, 15) is 0 Å². The molecular formula is C22H22N2O. The second kappa shape index (κ2) is 6.17.